The molecule has 0 heterocycles. The van der Waals surface area contributed by atoms with Gasteiger partial charge in [0.15, 0.2) is 0 Å². The summed E-state index contributed by atoms with van der Waals surface area (Å²) in [7, 11) is 0. The summed E-state index contributed by atoms with van der Waals surface area (Å²) in [6.45, 7) is 2.44. The van der Waals surface area contributed by atoms with E-state index in [1.165, 1.54) is 17.0 Å². The van der Waals surface area contributed by atoms with Crippen LogP contribution in [0.25, 0.3) is 0 Å². The summed E-state index contributed by atoms with van der Waals surface area (Å²) in [5.41, 5.74) is 0.275. The third-order valence-electron chi connectivity index (χ3n) is 4.12. The minimum absolute atomic E-state index is 0.0705. The van der Waals surface area contributed by atoms with Gasteiger partial charge in [0, 0.05) is 23.7 Å². The van der Waals surface area contributed by atoms with Crippen molar-refractivity contribution in [3.63, 3.8) is 0 Å². The molecule has 2 unspecified atom stereocenters. The predicted molar refractivity (Wildman–Crippen MR) is 81.0 cm³/mol. The van der Waals surface area contributed by atoms with Crippen molar-refractivity contribution < 1.29 is 19.1 Å². The lowest BCUT2D eigenvalue weighted by atomic mass is 9.73. The van der Waals surface area contributed by atoms with Crippen molar-refractivity contribution in [2.24, 2.45) is 11.8 Å². The number of nitrogens with zero attached hydrogens (tertiary/aromatic N) is 1. The van der Waals surface area contributed by atoms with Gasteiger partial charge in [-0.05, 0) is 31.4 Å². The second-order valence-electron chi connectivity index (χ2n) is 5.59. The van der Waals surface area contributed by atoms with Crippen LogP contribution in [0.2, 0.25) is 5.02 Å². The third kappa shape index (κ3) is 3.40. The Kier molecular flexibility index (Phi) is 5.40. The maximum atomic E-state index is 13.9. The maximum absolute atomic E-state index is 13.9. The first-order chi connectivity index (χ1) is 10.5. The molecule has 6 heteroatoms. The molecule has 4 nitrogen and oxygen atoms in total. The highest BCUT2D eigenvalue weighted by Gasteiger charge is 2.43. The molecule has 1 saturated carbocycles. The molecular weight excluding hydrogens is 309 g/mol. The number of hydrogen-bond acceptors (Lipinski definition) is 2. The highest BCUT2D eigenvalue weighted by atomic mass is 35.5. The number of carboxylic acids is 1. The summed E-state index contributed by atoms with van der Waals surface area (Å²) in [5.74, 6) is -2.74. The van der Waals surface area contributed by atoms with Gasteiger partial charge in [0.1, 0.15) is 5.82 Å². The molecule has 1 fully saturated rings. The molecule has 22 heavy (non-hydrogen) atoms. The largest absolute Gasteiger partial charge is 0.481 e. The highest BCUT2D eigenvalue weighted by Crippen LogP contribution is 2.36. The molecule has 0 radical (unpaired) electrons. The molecule has 0 bridgehead atoms. The van der Waals surface area contributed by atoms with Crippen LogP contribution in [-0.4, -0.2) is 28.4 Å². The van der Waals surface area contributed by atoms with Crippen molar-refractivity contribution in [1.82, 2.24) is 4.90 Å². The Hall–Kier alpha value is -1.62. The van der Waals surface area contributed by atoms with Crippen LogP contribution in [0.1, 0.15) is 31.7 Å². The first-order valence-electron chi connectivity index (χ1n) is 7.40. The molecule has 1 aliphatic rings. The number of carboxylic acid groups (broad SMARTS) is 1. The third-order valence-corrected chi connectivity index (χ3v) is 4.48. The van der Waals surface area contributed by atoms with Gasteiger partial charge in [0.25, 0.3) is 0 Å². The van der Waals surface area contributed by atoms with Crippen LogP contribution in [0.5, 0.6) is 0 Å². The topological polar surface area (TPSA) is 57.6 Å². The molecule has 1 aliphatic carbocycles. The second kappa shape index (κ2) is 7.09. The van der Waals surface area contributed by atoms with Crippen LogP contribution in [-0.2, 0) is 16.1 Å². The van der Waals surface area contributed by atoms with E-state index in [1.807, 2.05) is 6.92 Å². The lowest BCUT2D eigenvalue weighted by Crippen LogP contribution is -2.46. The summed E-state index contributed by atoms with van der Waals surface area (Å²) in [5, 5.41) is 9.37. The van der Waals surface area contributed by atoms with E-state index in [0.29, 0.717) is 25.8 Å². The summed E-state index contributed by atoms with van der Waals surface area (Å²) >= 11 is 6.01. The molecule has 0 aromatic heterocycles. The normalized spacial score (nSPS) is 20.3. The maximum Gasteiger partial charge on any atom is 0.307 e. The zero-order valence-electron chi connectivity index (χ0n) is 12.4. The molecule has 0 spiro atoms. The molecule has 0 saturated heterocycles. The number of carbonyl (C=O) groups is 2. The summed E-state index contributed by atoms with van der Waals surface area (Å²) in [4.78, 5) is 25.2. The Morgan fingerprint density at radius 3 is 2.55 bits per heavy atom. The van der Waals surface area contributed by atoms with Gasteiger partial charge in [-0.1, -0.05) is 24.6 Å². The van der Waals surface area contributed by atoms with Gasteiger partial charge >= 0.3 is 5.97 Å². The summed E-state index contributed by atoms with van der Waals surface area (Å²) < 4.78 is 13.9. The molecule has 1 amide bonds. The average molecular weight is 328 g/mol. The van der Waals surface area contributed by atoms with Crippen molar-refractivity contribution in [3.8, 4) is 0 Å². The average Bonchev–Trinajstić information content (AvgIpc) is 2.39. The van der Waals surface area contributed by atoms with Crippen molar-refractivity contribution in [2.45, 2.75) is 32.7 Å². The number of benzene rings is 1. The van der Waals surface area contributed by atoms with Gasteiger partial charge in [0.05, 0.1) is 11.8 Å². The first kappa shape index (κ1) is 16.7. The van der Waals surface area contributed by atoms with Crippen molar-refractivity contribution in [3.05, 3.63) is 34.6 Å². The number of rotatable bonds is 6. The van der Waals surface area contributed by atoms with Gasteiger partial charge in [-0.3, -0.25) is 9.59 Å². The number of amides is 1. The number of carbonyl (C=O) groups excluding carboxylic acids is 1. The fraction of sp³-hybridized carbons (Fsp3) is 0.500. The van der Waals surface area contributed by atoms with Crippen LogP contribution in [0.4, 0.5) is 4.39 Å². The Bertz CT molecular complexity index is 558. The molecule has 0 aliphatic heterocycles. The van der Waals surface area contributed by atoms with E-state index >= 15 is 0 Å². The van der Waals surface area contributed by atoms with Gasteiger partial charge in [-0.2, -0.15) is 0 Å². The second-order valence-corrected chi connectivity index (χ2v) is 6.00. The van der Waals surface area contributed by atoms with E-state index in [1.54, 1.807) is 6.07 Å². The molecule has 1 aromatic carbocycles. The molecule has 1 aromatic rings. The van der Waals surface area contributed by atoms with Crippen molar-refractivity contribution in [1.29, 1.82) is 0 Å². The minimum atomic E-state index is -0.940. The van der Waals surface area contributed by atoms with Crippen LogP contribution in [0.3, 0.4) is 0 Å². The van der Waals surface area contributed by atoms with Crippen molar-refractivity contribution >= 4 is 23.5 Å². The number of aliphatic carboxylic acids is 1. The van der Waals surface area contributed by atoms with E-state index in [-0.39, 0.29) is 23.0 Å². The van der Waals surface area contributed by atoms with E-state index < -0.39 is 23.6 Å². The van der Waals surface area contributed by atoms with E-state index in [2.05, 4.69) is 0 Å². The van der Waals surface area contributed by atoms with Crippen LogP contribution in [0, 0.1) is 17.7 Å². The van der Waals surface area contributed by atoms with Crippen LogP contribution in [0.15, 0.2) is 18.2 Å². The molecule has 1 N–H and O–H groups in total. The first-order valence-corrected chi connectivity index (χ1v) is 7.78. The zero-order valence-corrected chi connectivity index (χ0v) is 13.1. The van der Waals surface area contributed by atoms with E-state index in [4.69, 9.17) is 16.7 Å². The van der Waals surface area contributed by atoms with Gasteiger partial charge in [-0.25, -0.2) is 4.39 Å². The van der Waals surface area contributed by atoms with Crippen molar-refractivity contribution in [2.75, 3.05) is 6.54 Å². The molecule has 120 valence electrons. The Labute approximate surface area is 133 Å². The predicted octanol–water partition coefficient (Wildman–Crippen LogP) is 3.33. The van der Waals surface area contributed by atoms with E-state index in [0.717, 1.165) is 0 Å². The quantitative estimate of drug-likeness (QED) is 0.872. The minimum Gasteiger partial charge on any atom is -0.481 e. The Morgan fingerprint density at radius 1 is 1.36 bits per heavy atom. The van der Waals surface area contributed by atoms with Gasteiger partial charge in [-0.15, -0.1) is 0 Å². The summed E-state index contributed by atoms with van der Waals surface area (Å²) in [6.07, 6.45) is 1.80. The van der Waals surface area contributed by atoms with E-state index in [9.17, 15) is 14.0 Å². The van der Waals surface area contributed by atoms with Gasteiger partial charge < -0.3 is 10.0 Å². The SMILES string of the molecule is CCCN(Cc1c(F)cccc1Cl)C(=O)C1CCC1C(=O)O. The smallest absolute Gasteiger partial charge is 0.307 e. The summed E-state index contributed by atoms with van der Waals surface area (Å²) in [6, 6.07) is 4.40. The molecule has 2 rings (SSSR count). The number of halogens is 2. The van der Waals surface area contributed by atoms with Crippen LogP contribution >= 0.6 is 11.6 Å². The molecule has 2 atom stereocenters. The highest BCUT2D eigenvalue weighted by molar-refractivity contribution is 6.31. The lowest BCUT2D eigenvalue weighted by molar-refractivity contribution is -0.157. The fourth-order valence-electron chi connectivity index (χ4n) is 2.74. The Balaban J connectivity index is 2.16. The van der Waals surface area contributed by atoms with Crippen LogP contribution < -0.4 is 0 Å². The zero-order chi connectivity index (χ0) is 16.3. The lowest BCUT2D eigenvalue weighted by Gasteiger charge is -2.36. The molecular formula is C16H19ClFNO3. The standard InChI is InChI=1S/C16H19ClFNO3/c1-2-8-19(9-12-13(17)4-3-5-14(12)18)15(20)10-6-7-11(10)16(21)22/h3-5,10-11H,2,6-9H2,1H3,(H,21,22). The Morgan fingerprint density at radius 2 is 2.05 bits per heavy atom. The van der Waals surface area contributed by atoms with Gasteiger partial charge in [0.2, 0.25) is 5.91 Å². The monoisotopic (exact) mass is 327 g/mol. The fourth-order valence-corrected chi connectivity index (χ4v) is 2.96. The number of hydrogen-bond donors (Lipinski definition) is 1.